The molecule has 6 heteroatoms. The van der Waals surface area contributed by atoms with Gasteiger partial charge >= 0.3 is 0 Å². The highest BCUT2D eigenvalue weighted by Gasteiger charge is 2.25. The summed E-state index contributed by atoms with van der Waals surface area (Å²) in [7, 11) is 3.77. The van der Waals surface area contributed by atoms with Crippen LogP contribution in [-0.4, -0.2) is 47.6 Å². The molecule has 0 radical (unpaired) electrons. The molecule has 1 fully saturated rings. The maximum Gasteiger partial charge on any atom is 0.237 e. The minimum absolute atomic E-state index is 0.0210. The quantitative estimate of drug-likeness (QED) is 0.830. The smallest absolute Gasteiger partial charge is 0.237 e. The molecule has 1 amide bonds. The Morgan fingerprint density at radius 3 is 2.84 bits per heavy atom. The van der Waals surface area contributed by atoms with Crippen LogP contribution in [-0.2, 0) is 11.2 Å². The van der Waals surface area contributed by atoms with Crippen LogP contribution in [0.2, 0.25) is 0 Å². The molecule has 1 aliphatic rings. The van der Waals surface area contributed by atoms with Crippen molar-refractivity contribution in [3.63, 3.8) is 0 Å². The number of carbonyl (C=O) groups excluding carboxylic acids is 1. The second kappa shape index (κ2) is 6.14. The Bertz CT molecular complexity index is 426. The first-order valence-electron chi connectivity index (χ1n) is 6.84. The predicted molar refractivity (Wildman–Crippen MR) is 70.8 cm³/mol. The van der Waals surface area contributed by atoms with Crippen LogP contribution in [0.5, 0.6) is 0 Å². The van der Waals surface area contributed by atoms with Crippen LogP contribution in [0.15, 0.2) is 4.52 Å². The number of rotatable bonds is 6. The minimum atomic E-state index is -0.129. The van der Waals surface area contributed by atoms with Gasteiger partial charge < -0.3 is 9.84 Å². The van der Waals surface area contributed by atoms with Gasteiger partial charge in [-0.05, 0) is 33.9 Å². The molecule has 1 aliphatic carbocycles. The van der Waals surface area contributed by atoms with E-state index in [0.717, 1.165) is 18.7 Å². The molecule has 0 aromatic carbocycles. The fourth-order valence-electron chi connectivity index (χ4n) is 1.87. The second-order valence-electron chi connectivity index (χ2n) is 5.36. The molecule has 1 saturated carbocycles. The number of nitrogens with one attached hydrogen (secondary N) is 1. The van der Waals surface area contributed by atoms with Crippen LogP contribution in [0.25, 0.3) is 0 Å². The Balaban J connectivity index is 1.73. The van der Waals surface area contributed by atoms with Gasteiger partial charge in [0, 0.05) is 18.9 Å². The predicted octanol–water partition coefficient (Wildman–Crippen LogP) is 0.946. The van der Waals surface area contributed by atoms with Gasteiger partial charge in [-0.2, -0.15) is 4.98 Å². The van der Waals surface area contributed by atoms with E-state index in [4.69, 9.17) is 4.52 Å². The Hall–Kier alpha value is -1.43. The summed E-state index contributed by atoms with van der Waals surface area (Å²) in [6, 6.07) is -0.129. The number of aromatic nitrogens is 2. The van der Waals surface area contributed by atoms with Crippen molar-refractivity contribution >= 4 is 5.91 Å². The zero-order valence-electron chi connectivity index (χ0n) is 11.8. The summed E-state index contributed by atoms with van der Waals surface area (Å²) in [6.07, 6.45) is 4.17. The van der Waals surface area contributed by atoms with E-state index in [-0.39, 0.29) is 11.9 Å². The summed E-state index contributed by atoms with van der Waals surface area (Å²) in [6.45, 7) is 2.42. The van der Waals surface area contributed by atoms with Crippen molar-refractivity contribution in [2.24, 2.45) is 0 Å². The van der Waals surface area contributed by atoms with Gasteiger partial charge in [0.15, 0.2) is 5.82 Å². The van der Waals surface area contributed by atoms with Gasteiger partial charge in [0.05, 0.1) is 6.04 Å². The molecule has 0 saturated heterocycles. The van der Waals surface area contributed by atoms with Crippen molar-refractivity contribution < 1.29 is 9.32 Å². The number of amides is 1. The lowest BCUT2D eigenvalue weighted by Crippen LogP contribution is -2.42. The Morgan fingerprint density at radius 2 is 2.26 bits per heavy atom. The Morgan fingerprint density at radius 1 is 1.53 bits per heavy atom. The zero-order chi connectivity index (χ0) is 13.8. The molecule has 1 aromatic rings. The van der Waals surface area contributed by atoms with Gasteiger partial charge in [-0.15, -0.1) is 0 Å². The average Bonchev–Trinajstić information content (AvgIpc) is 2.74. The molecular weight excluding hydrogens is 244 g/mol. The van der Waals surface area contributed by atoms with Crippen LogP contribution < -0.4 is 5.32 Å². The monoisotopic (exact) mass is 266 g/mol. The largest absolute Gasteiger partial charge is 0.354 e. The summed E-state index contributed by atoms with van der Waals surface area (Å²) in [5, 5.41) is 6.82. The number of hydrogen-bond donors (Lipinski definition) is 1. The molecule has 1 aromatic heterocycles. The highest BCUT2D eigenvalue weighted by molar-refractivity contribution is 5.81. The summed E-state index contributed by atoms with van der Waals surface area (Å²) >= 11 is 0. The minimum Gasteiger partial charge on any atom is -0.354 e. The molecule has 106 valence electrons. The van der Waals surface area contributed by atoms with E-state index in [1.165, 1.54) is 6.42 Å². The highest BCUT2D eigenvalue weighted by Crippen LogP contribution is 2.35. The van der Waals surface area contributed by atoms with Gasteiger partial charge in [-0.1, -0.05) is 11.6 Å². The van der Waals surface area contributed by atoms with Crippen LogP contribution in [0, 0.1) is 0 Å². The number of carbonyl (C=O) groups is 1. The van der Waals surface area contributed by atoms with Gasteiger partial charge in [0.2, 0.25) is 11.8 Å². The zero-order valence-corrected chi connectivity index (χ0v) is 11.8. The first-order chi connectivity index (χ1) is 9.08. The molecule has 1 N–H and O–H groups in total. The van der Waals surface area contributed by atoms with E-state index in [0.29, 0.717) is 24.7 Å². The lowest BCUT2D eigenvalue weighted by atomic mass is 9.85. The van der Waals surface area contributed by atoms with Crippen molar-refractivity contribution in [3.8, 4) is 0 Å². The molecular formula is C13H22N4O2. The van der Waals surface area contributed by atoms with E-state index >= 15 is 0 Å². The normalized spacial score (nSPS) is 17.3. The van der Waals surface area contributed by atoms with Gasteiger partial charge in [0.25, 0.3) is 0 Å². The average molecular weight is 266 g/mol. The van der Waals surface area contributed by atoms with E-state index in [9.17, 15) is 4.79 Å². The number of likely N-dealkylation sites (N-methyl/N-ethyl adjacent to an activating group) is 1. The first kappa shape index (κ1) is 14.0. The Labute approximate surface area is 113 Å². The topological polar surface area (TPSA) is 71.3 Å². The summed E-state index contributed by atoms with van der Waals surface area (Å²) in [5.74, 6) is 1.92. The van der Waals surface area contributed by atoms with Crippen LogP contribution in [0.3, 0.4) is 0 Å². The maximum absolute atomic E-state index is 11.7. The maximum atomic E-state index is 11.7. The molecule has 1 unspecified atom stereocenters. The molecule has 19 heavy (non-hydrogen) atoms. The van der Waals surface area contributed by atoms with Gasteiger partial charge in [-0.3, -0.25) is 9.69 Å². The molecule has 0 aliphatic heterocycles. The molecule has 1 heterocycles. The van der Waals surface area contributed by atoms with Gasteiger partial charge in [0.1, 0.15) is 0 Å². The van der Waals surface area contributed by atoms with E-state index in [1.807, 2.05) is 25.9 Å². The third-order valence-electron chi connectivity index (χ3n) is 3.74. The molecule has 6 nitrogen and oxygen atoms in total. The fraction of sp³-hybridized carbons (Fsp3) is 0.769. The number of hydrogen-bond acceptors (Lipinski definition) is 5. The van der Waals surface area contributed by atoms with Crippen LogP contribution >= 0.6 is 0 Å². The summed E-state index contributed by atoms with van der Waals surface area (Å²) in [5.41, 5.74) is 0. The third kappa shape index (κ3) is 3.53. The van der Waals surface area contributed by atoms with Crippen molar-refractivity contribution in [2.75, 3.05) is 20.6 Å². The van der Waals surface area contributed by atoms with Crippen LogP contribution in [0.4, 0.5) is 0 Å². The van der Waals surface area contributed by atoms with Gasteiger partial charge in [-0.25, -0.2) is 0 Å². The number of nitrogens with zero attached hydrogens (tertiary/aromatic N) is 3. The fourth-order valence-corrected chi connectivity index (χ4v) is 1.87. The van der Waals surface area contributed by atoms with Crippen molar-refractivity contribution in [1.82, 2.24) is 20.4 Å². The van der Waals surface area contributed by atoms with Crippen molar-refractivity contribution in [3.05, 3.63) is 11.7 Å². The molecule has 2 rings (SSSR count). The second-order valence-corrected chi connectivity index (χ2v) is 5.36. The molecule has 0 spiro atoms. The van der Waals surface area contributed by atoms with E-state index in [2.05, 4.69) is 15.5 Å². The third-order valence-corrected chi connectivity index (χ3v) is 3.74. The van der Waals surface area contributed by atoms with Crippen LogP contribution in [0.1, 0.15) is 43.8 Å². The SMILES string of the molecule is CC(C(=O)NCCc1noc(C2CCC2)n1)N(C)C. The molecule has 1 atom stereocenters. The highest BCUT2D eigenvalue weighted by atomic mass is 16.5. The lowest BCUT2D eigenvalue weighted by Gasteiger charge is -2.20. The lowest BCUT2D eigenvalue weighted by molar-refractivity contribution is -0.124. The Kier molecular flexibility index (Phi) is 4.52. The first-order valence-corrected chi connectivity index (χ1v) is 6.84. The summed E-state index contributed by atoms with van der Waals surface area (Å²) in [4.78, 5) is 18.0. The standard InChI is InChI=1S/C13H22N4O2/c1-9(17(2)3)12(18)14-8-7-11-15-13(19-16-11)10-5-4-6-10/h9-10H,4-8H2,1-3H3,(H,14,18). The molecule has 0 bridgehead atoms. The summed E-state index contributed by atoms with van der Waals surface area (Å²) < 4.78 is 5.23. The van der Waals surface area contributed by atoms with E-state index < -0.39 is 0 Å². The van der Waals surface area contributed by atoms with Crippen molar-refractivity contribution in [2.45, 2.75) is 44.6 Å². The van der Waals surface area contributed by atoms with Crippen molar-refractivity contribution in [1.29, 1.82) is 0 Å². The van der Waals surface area contributed by atoms with E-state index in [1.54, 1.807) is 0 Å².